The van der Waals surface area contributed by atoms with E-state index in [2.05, 4.69) is 4.74 Å². The van der Waals surface area contributed by atoms with Gasteiger partial charge in [0.1, 0.15) is 23.8 Å². The quantitative estimate of drug-likeness (QED) is 0.634. The van der Waals surface area contributed by atoms with Gasteiger partial charge in [-0.15, -0.1) is 0 Å². The van der Waals surface area contributed by atoms with E-state index in [4.69, 9.17) is 24.7 Å². The summed E-state index contributed by atoms with van der Waals surface area (Å²) in [7, 11) is 3.88. The van der Waals surface area contributed by atoms with Crippen LogP contribution < -0.4 is 15.2 Å². The number of rotatable bonds is 8. The molecule has 1 aliphatic rings. The van der Waals surface area contributed by atoms with Crippen molar-refractivity contribution in [3.05, 3.63) is 46.6 Å². The number of hydrogen-bond acceptors (Lipinski definition) is 9. The van der Waals surface area contributed by atoms with Gasteiger partial charge in [0, 0.05) is 0 Å². The third kappa shape index (κ3) is 4.66. The Bertz CT molecular complexity index is 928. The minimum atomic E-state index is -0.926. The second-order valence-corrected chi connectivity index (χ2v) is 6.26. The number of benzene rings is 1. The maximum Gasteiger partial charge on any atom is 0.338 e. The number of nitrogens with zero attached hydrogens (tertiary/aromatic N) is 1. The van der Waals surface area contributed by atoms with Crippen LogP contribution in [0.5, 0.6) is 11.5 Å². The second-order valence-electron chi connectivity index (χ2n) is 6.26. The fraction of sp³-hybridized carbons (Fsp3) is 0.381. The first kappa shape index (κ1) is 22.6. The lowest BCUT2D eigenvalue weighted by Gasteiger charge is -2.28. The number of nitrogens with two attached hydrogens (primary N) is 1. The summed E-state index contributed by atoms with van der Waals surface area (Å²) in [5, 5.41) is 9.69. The summed E-state index contributed by atoms with van der Waals surface area (Å²) in [5.41, 5.74) is 6.44. The number of nitriles is 1. The Morgan fingerprint density at radius 3 is 2.50 bits per heavy atom. The lowest BCUT2D eigenvalue weighted by Crippen LogP contribution is -2.27. The van der Waals surface area contributed by atoms with Crippen molar-refractivity contribution in [3.8, 4) is 17.6 Å². The molecule has 0 amide bonds. The number of ether oxygens (including phenoxy) is 5. The van der Waals surface area contributed by atoms with Crippen molar-refractivity contribution in [2.75, 3.05) is 27.9 Å². The van der Waals surface area contributed by atoms with Gasteiger partial charge in [-0.3, -0.25) is 4.79 Å². The molecule has 30 heavy (non-hydrogen) atoms. The van der Waals surface area contributed by atoms with Crippen LogP contribution in [0, 0.1) is 11.3 Å². The first-order valence-electron chi connectivity index (χ1n) is 9.18. The highest BCUT2D eigenvalue weighted by Crippen LogP contribution is 2.43. The number of esters is 2. The summed E-state index contributed by atoms with van der Waals surface area (Å²) in [5.74, 6) is -1.64. The Balaban J connectivity index is 2.66. The van der Waals surface area contributed by atoms with Gasteiger partial charge in [-0.2, -0.15) is 5.26 Å². The van der Waals surface area contributed by atoms with Crippen LogP contribution in [0.25, 0.3) is 0 Å². The number of methoxy groups -OCH3 is 3. The Morgan fingerprint density at radius 2 is 1.93 bits per heavy atom. The molecule has 1 aliphatic heterocycles. The predicted molar refractivity (Wildman–Crippen MR) is 105 cm³/mol. The van der Waals surface area contributed by atoms with Gasteiger partial charge in [0.2, 0.25) is 5.88 Å². The van der Waals surface area contributed by atoms with Crippen molar-refractivity contribution in [2.45, 2.75) is 25.7 Å². The molecule has 0 aliphatic carbocycles. The highest BCUT2D eigenvalue weighted by molar-refractivity contribution is 5.93. The predicted octanol–water partition coefficient (Wildman–Crippen LogP) is 2.28. The SMILES string of the molecule is CCCOc1ccc(C2C(C#N)=C(N)OC(CC(=O)OC)=C2C(=O)OC)cc1OC. The summed E-state index contributed by atoms with van der Waals surface area (Å²) in [6.07, 6.45) is 0.459. The van der Waals surface area contributed by atoms with Gasteiger partial charge in [-0.25, -0.2) is 4.79 Å². The van der Waals surface area contributed by atoms with Crippen molar-refractivity contribution in [1.82, 2.24) is 0 Å². The number of carbonyl (C=O) groups excluding carboxylic acids is 2. The van der Waals surface area contributed by atoms with E-state index in [1.165, 1.54) is 21.3 Å². The molecular formula is C21H24N2O7. The lowest BCUT2D eigenvalue weighted by molar-refractivity contribution is -0.140. The number of hydrogen-bond donors (Lipinski definition) is 1. The Labute approximate surface area is 174 Å². The molecule has 1 unspecified atom stereocenters. The number of carbonyl (C=O) groups is 2. The van der Waals surface area contributed by atoms with Crippen LogP contribution in [0.3, 0.4) is 0 Å². The van der Waals surface area contributed by atoms with Crippen LogP contribution in [-0.2, 0) is 23.8 Å². The van der Waals surface area contributed by atoms with Gasteiger partial charge < -0.3 is 29.4 Å². The van der Waals surface area contributed by atoms with Crippen molar-refractivity contribution >= 4 is 11.9 Å². The van der Waals surface area contributed by atoms with E-state index in [1.54, 1.807) is 18.2 Å². The monoisotopic (exact) mass is 416 g/mol. The van der Waals surface area contributed by atoms with E-state index >= 15 is 0 Å². The first-order chi connectivity index (χ1) is 14.4. The van der Waals surface area contributed by atoms with Gasteiger partial charge >= 0.3 is 11.9 Å². The van der Waals surface area contributed by atoms with Gasteiger partial charge in [0.15, 0.2) is 11.5 Å². The molecule has 0 radical (unpaired) electrons. The first-order valence-corrected chi connectivity index (χ1v) is 9.18. The molecular weight excluding hydrogens is 392 g/mol. The molecule has 0 saturated carbocycles. The van der Waals surface area contributed by atoms with E-state index in [9.17, 15) is 14.9 Å². The Kier molecular flexibility index (Phi) is 7.69. The molecule has 1 aromatic carbocycles. The topological polar surface area (TPSA) is 130 Å². The van der Waals surface area contributed by atoms with E-state index in [0.717, 1.165) is 6.42 Å². The molecule has 1 aromatic rings. The molecule has 0 spiro atoms. The molecule has 160 valence electrons. The van der Waals surface area contributed by atoms with Gasteiger partial charge in [-0.05, 0) is 24.1 Å². The smallest absolute Gasteiger partial charge is 0.338 e. The van der Waals surface area contributed by atoms with Crippen molar-refractivity contribution < 1.29 is 33.3 Å². The molecule has 0 aromatic heterocycles. The Hall–Kier alpha value is -3.67. The highest BCUT2D eigenvalue weighted by atomic mass is 16.5. The van der Waals surface area contributed by atoms with E-state index in [-0.39, 0.29) is 29.2 Å². The normalized spacial score (nSPS) is 15.8. The molecule has 1 atom stereocenters. The maximum absolute atomic E-state index is 12.6. The van der Waals surface area contributed by atoms with E-state index in [1.807, 2.05) is 13.0 Å². The standard InChI is InChI=1S/C21H24N2O7/c1-5-8-29-14-7-6-12(9-15(14)26-2)18-13(11-22)20(23)30-16(10-17(24)27-3)19(18)21(25)28-4/h6-7,9,18H,5,8,10,23H2,1-4H3. The maximum atomic E-state index is 12.6. The average molecular weight is 416 g/mol. The van der Waals surface area contributed by atoms with Gasteiger partial charge in [0.05, 0.1) is 39.4 Å². The molecule has 0 bridgehead atoms. The van der Waals surface area contributed by atoms with E-state index < -0.39 is 17.9 Å². The molecule has 2 rings (SSSR count). The second kappa shape index (κ2) is 10.2. The average Bonchev–Trinajstić information content (AvgIpc) is 2.76. The fourth-order valence-electron chi connectivity index (χ4n) is 3.01. The van der Waals surface area contributed by atoms with Crippen LogP contribution >= 0.6 is 0 Å². The minimum absolute atomic E-state index is 0.00768. The van der Waals surface area contributed by atoms with Crippen LogP contribution in [0.2, 0.25) is 0 Å². The third-order valence-corrected chi connectivity index (χ3v) is 4.42. The minimum Gasteiger partial charge on any atom is -0.493 e. The van der Waals surface area contributed by atoms with Crippen LogP contribution in [0.1, 0.15) is 31.2 Å². The third-order valence-electron chi connectivity index (χ3n) is 4.42. The lowest BCUT2D eigenvalue weighted by atomic mass is 9.82. The van der Waals surface area contributed by atoms with Crippen molar-refractivity contribution in [1.29, 1.82) is 5.26 Å². The molecule has 0 fully saturated rings. The summed E-state index contributed by atoms with van der Waals surface area (Å²) in [6, 6.07) is 7.00. The van der Waals surface area contributed by atoms with Crippen LogP contribution in [-0.4, -0.2) is 39.9 Å². The van der Waals surface area contributed by atoms with E-state index in [0.29, 0.717) is 23.7 Å². The van der Waals surface area contributed by atoms with Crippen molar-refractivity contribution in [2.24, 2.45) is 5.73 Å². The molecule has 1 heterocycles. The van der Waals surface area contributed by atoms with Gasteiger partial charge in [-0.1, -0.05) is 13.0 Å². The Morgan fingerprint density at radius 1 is 1.20 bits per heavy atom. The van der Waals surface area contributed by atoms with Gasteiger partial charge in [0.25, 0.3) is 0 Å². The molecule has 2 N–H and O–H groups in total. The van der Waals surface area contributed by atoms with Crippen molar-refractivity contribution in [3.63, 3.8) is 0 Å². The summed E-state index contributed by atoms with van der Waals surface area (Å²) < 4.78 is 26.1. The summed E-state index contributed by atoms with van der Waals surface area (Å²) in [6.45, 7) is 2.48. The molecule has 9 heteroatoms. The van der Waals surface area contributed by atoms with Crippen LogP contribution in [0.15, 0.2) is 41.0 Å². The number of allylic oxidation sites excluding steroid dienone is 1. The molecule has 9 nitrogen and oxygen atoms in total. The zero-order valence-electron chi connectivity index (χ0n) is 17.3. The summed E-state index contributed by atoms with van der Waals surface area (Å²) in [4.78, 5) is 24.5. The summed E-state index contributed by atoms with van der Waals surface area (Å²) >= 11 is 0. The zero-order chi connectivity index (χ0) is 22.3. The molecule has 0 saturated heterocycles. The fourth-order valence-corrected chi connectivity index (χ4v) is 3.01. The zero-order valence-corrected chi connectivity index (χ0v) is 17.3. The van der Waals surface area contributed by atoms with Crippen LogP contribution in [0.4, 0.5) is 0 Å². The largest absolute Gasteiger partial charge is 0.493 e. The highest BCUT2D eigenvalue weighted by Gasteiger charge is 2.38.